The van der Waals surface area contributed by atoms with E-state index >= 15 is 0 Å². The van der Waals surface area contributed by atoms with Crippen LogP contribution in [0.5, 0.6) is 0 Å². The van der Waals surface area contributed by atoms with Gasteiger partial charge in [0.2, 0.25) is 5.91 Å². The van der Waals surface area contributed by atoms with Gasteiger partial charge in [-0.25, -0.2) is 4.98 Å². The summed E-state index contributed by atoms with van der Waals surface area (Å²) in [7, 11) is 0. The van der Waals surface area contributed by atoms with E-state index in [9.17, 15) is 4.79 Å². The molecule has 1 saturated carbocycles. The lowest BCUT2D eigenvalue weighted by molar-refractivity contribution is -0.123. The van der Waals surface area contributed by atoms with Crippen LogP contribution in [0.3, 0.4) is 0 Å². The zero-order valence-corrected chi connectivity index (χ0v) is 17.5. The normalized spacial score (nSPS) is 18.6. The Morgan fingerprint density at radius 3 is 2.41 bits per heavy atom. The SMILES string of the molecule is Cc1ccccc1N1CCN(CN(C(=O)C2CCCCC2)c2ccccn2)CC1. The van der Waals surface area contributed by atoms with Crippen LogP contribution in [0.1, 0.15) is 37.7 Å². The van der Waals surface area contributed by atoms with Crippen LogP contribution in [-0.2, 0) is 4.79 Å². The highest BCUT2D eigenvalue weighted by atomic mass is 16.2. The van der Waals surface area contributed by atoms with Crippen LogP contribution >= 0.6 is 0 Å². The predicted molar refractivity (Wildman–Crippen MR) is 118 cm³/mol. The maximum absolute atomic E-state index is 13.4. The Labute approximate surface area is 174 Å². The average molecular weight is 393 g/mol. The summed E-state index contributed by atoms with van der Waals surface area (Å²) in [4.78, 5) is 24.6. The van der Waals surface area contributed by atoms with Gasteiger partial charge < -0.3 is 4.90 Å². The van der Waals surface area contributed by atoms with Crippen LogP contribution < -0.4 is 9.80 Å². The third-order valence-electron chi connectivity index (χ3n) is 6.32. The van der Waals surface area contributed by atoms with Gasteiger partial charge in [-0.15, -0.1) is 0 Å². The lowest BCUT2D eigenvalue weighted by Gasteiger charge is -2.39. The highest BCUT2D eigenvalue weighted by Gasteiger charge is 2.29. The molecule has 0 spiro atoms. The van der Waals surface area contributed by atoms with Crippen molar-refractivity contribution in [1.29, 1.82) is 0 Å². The quantitative estimate of drug-likeness (QED) is 0.769. The van der Waals surface area contributed by atoms with Gasteiger partial charge in [0, 0.05) is 44.0 Å². The number of para-hydroxylation sites is 1. The van der Waals surface area contributed by atoms with Crippen LogP contribution in [0.2, 0.25) is 0 Å². The number of carbonyl (C=O) groups is 1. The van der Waals surface area contributed by atoms with E-state index in [1.807, 2.05) is 23.1 Å². The van der Waals surface area contributed by atoms with E-state index in [4.69, 9.17) is 0 Å². The van der Waals surface area contributed by atoms with Crippen LogP contribution in [0.4, 0.5) is 11.5 Å². The molecule has 0 unspecified atom stereocenters. The number of rotatable bonds is 5. The number of hydrogen-bond acceptors (Lipinski definition) is 4. The molecular formula is C24H32N4O. The van der Waals surface area contributed by atoms with Gasteiger partial charge in [-0.1, -0.05) is 43.5 Å². The molecule has 2 aromatic rings. The molecule has 1 aliphatic carbocycles. The number of anilines is 2. The number of nitrogens with zero attached hydrogens (tertiary/aromatic N) is 4. The first-order valence-corrected chi connectivity index (χ1v) is 11.0. The minimum Gasteiger partial charge on any atom is -0.369 e. The van der Waals surface area contributed by atoms with Gasteiger partial charge in [-0.3, -0.25) is 14.6 Å². The summed E-state index contributed by atoms with van der Waals surface area (Å²) in [5.74, 6) is 1.19. The van der Waals surface area contributed by atoms with Crippen LogP contribution in [0.15, 0.2) is 48.7 Å². The fraction of sp³-hybridized carbons (Fsp3) is 0.500. The highest BCUT2D eigenvalue weighted by molar-refractivity contribution is 5.94. The third kappa shape index (κ3) is 4.78. The summed E-state index contributed by atoms with van der Waals surface area (Å²) in [6.07, 6.45) is 7.41. The first kappa shape index (κ1) is 19.9. The summed E-state index contributed by atoms with van der Waals surface area (Å²) >= 11 is 0. The maximum atomic E-state index is 13.4. The topological polar surface area (TPSA) is 39.7 Å². The Bertz CT molecular complexity index is 796. The largest absolute Gasteiger partial charge is 0.369 e. The molecule has 2 aliphatic rings. The van der Waals surface area contributed by atoms with E-state index in [2.05, 4.69) is 46.0 Å². The van der Waals surface area contributed by atoms with E-state index in [0.29, 0.717) is 6.67 Å². The number of carbonyl (C=O) groups excluding carboxylic acids is 1. The molecule has 0 N–H and O–H groups in total. The van der Waals surface area contributed by atoms with E-state index < -0.39 is 0 Å². The molecule has 2 heterocycles. The van der Waals surface area contributed by atoms with Gasteiger partial charge >= 0.3 is 0 Å². The highest BCUT2D eigenvalue weighted by Crippen LogP contribution is 2.27. The molecule has 1 saturated heterocycles. The Balaban J connectivity index is 1.43. The number of piperazine rings is 1. The monoisotopic (exact) mass is 392 g/mol. The van der Waals surface area contributed by atoms with E-state index in [1.54, 1.807) is 6.20 Å². The van der Waals surface area contributed by atoms with Crippen LogP contribution in [0.25, 0.3) is 0 Å². The third-order valence-corrected chi connectivity index (χ3v) is 6.32. The van der Waals surface area contributed by atoms with Crippen molar-refractivity contribution in [3.05, 3.63) is 54.2 Å². The molecule has 4 rings (SSSR count). The van der Waals surface area contributed by atoms with Gasteiger partial charge in [-0.05, 0) is 43.5 Å². The van der Waals surface area contributed by atoms with Crippen molar-refractivity contribution in [2.45, 2.75) is 39.0 Å². The molecule has 0 atom stereocenters. The van der Waals surface area contributed by atoms with Gasteiger partial charge in [0.15, 0.2) is 0 Å². The maximum Gasteiger partial charge on any atom is 0.232 e. The molecule has 1 aromatic carbocycles. The van der Waals surface area contributed by atoms with Crippen molar-refractivity contribution in [1.82, 2.24) is 9.88 Å². The molecule has 1 aliphatic heterocycles. The molecule has 1 aromatic heterocycles. The molecule has 154 valence electrons. The second-order valence-corrected chi connectivity index (χ2v) is 8.32. The van der Waals surface area contributed by atoms with Crippen molar-refractivity contribution < 1.29 is 4.79 Å². The lowest BCUT2D eigenvalue weighted by atomic mass is 9.88. The van der Waals surface area contributed by atoms with Crippen molar-refractivity contribution in [3.63, 3.8) is 0 Å². The second kappa shape index (κ2) is 9.40. The van der Waals surface area contributed by atoms with Gasteiger partial charge in [-0.2, -0.15) is 0 Å². The molecular weight excluding hydrogens is 360 g/mol. The second-order valence-electron chi connectivity index (χ2n) is 8.32. The Morgan fingerprint density at radius 2 is 1.72 bits per heavy atom. The Morgan fingerprint density at radius 1 is 1.00 bits per heavy atom. The van der Waals surface area contributed by atoms with E-state index in [0.717, 1.165) is 44.8 Å². The minimum atomic E-state index is 0.152. The van der Waals surface area contributed by atoms with Gasteiger partial charge in [0.05, 0.1) is 6.67 Å². The Kier molecular flexibility index (Phi) is 6.45. The summed E-state index contributed by atoms with van der Waals surface area (Å²) in [6.45, 7) is 6.68. The summed E-state index contributed by atoms with van der Waals surface area (Å²) in [5, 5.41) is 0. The molecule has 2 fully saturated rings. The smallest absolute Gasteiger partial charge is 0.232 e. The summed E-state index contributed by atoms with van der Waals surface area (Å²) in [5.41, 5.74) is 2.65. The average Bonchev–Trinajstić information content (AvgIpc) is 2.79. The first-order chi connectivity index (χ1) is 14.2. The zero-order chi connectivity index (χ0) is 20.1. The number of aromatic nitrogens is 1. The van der Waals surface area contributed by atoms with Gasteiger partial charge in [0.25, 0.3) is 0 Å². The van der Waals surface area contributed by atoms with Gasteiger partial charge in [0.1, 0.15) is 5.82 Å². The van der Waals surface area contributed by atoms with Crippen molar-refractivity contribution in [2.24, 2.45) is 5.92 Å². The predicted octanol–water partition coefficient (Wildman–Crippen LogP) is 4.08. The number of pyridine rings is 1. The molecule has 0 bridgehead atoms. The van der Waals surface area contributed by atoms with Crippen molar-refractivity contribution in [3.8, 4) is 0 Å². The Hall–Kier alpha value is -2.40. The molecule has 5 nitrogen and oxygen atoms in total. The first-order valence-electron chi connectivity index (χ1n) is 11.0. The van der Waals surface area contributed by atoms with Crippen molar-refractivity contribution in [2.75, 3.05) is 42.6 Å². The summed E-state index contributed by atoms with van der Waals surface area (Å²) < 4.78 is 0. The number of amides is 1. The molecule has 1 amide bonds. The molecule has 0 radical (unpaired) electrons. The standard InChI is InChI=1S/C24H32N4O/c1-20-9-5-6-12-22(20)27-17-15-26(16-18-27)19-28(23-13-7-8-14-25-23)24(29)21-10-3-2-4-11-21/h5-9,12-14,21H,2-4,10-11,15-19H2,1H3. The number of benzene rings is 1. The minimum absolute atomic E-state index is 0.152. The fourth-order valence-electron chi connectivity index (χ4n) is 4.59. The molecule has 29 heavy (non-hydrogen) atoms. The van der Waals surface area contributed by atoms with E-state index in [1.165, 1.54) is 30.5 Å². The lowest BCUT2D eigenvalue weighted by Crippen LogP contribution is -2.52. The zero-order valence-electron chi connectivity index (χ0n) is 17.5. The summed E-state index contributed by atoms with van der Waals surface area (Å²) in [6, 6.07) is 14.4. The van der Waals surface area contributed by atoms with Crippen LogP contribution in [0, 0.1) is 12.8 Å². The van der Waals surface area contributed by atoms with Crippen molar-refractivity contribution >= 4 is 17.4 Å². The number of aryl methyl sites for hydroxylation is 1. The fourth-order valence-corrected chi connectivity index (χ4v) is 4.59. The van der Waals surface area contributed by atoms with Crippen LogP contribution in [-0.4, -0.2) is 48.6 Å². The molecule has 5 heteroatoms. The number of hydrogen-bond donors (Lipinski definition) is 0. The van der Waals surface area contributed by atoms with E-state index in [-0.39, 0.29) is 11.8 Å².